The van der Waals surface area contributed by atoms with Crippen LogP contribution in [-0.2, 0) is 22.6 Å². The maximum absolute atomic E-state index is 13.1. The molecular formula is C27H30FN3O3. The van der Waals surface area contributed by atoms with Gasteiger partial charge in [0.2, 0.25) is 11.8 Å². The van der Waals surface area contributed by atoms with E-state index in [4.69, 9.17) is 0 Å². The van der Waals surface area contributed by atoms with Crippen molar-refractivity contribution in [2.24, 2.45) is 23.2 Å². The fraction of sp³-hybridized carbons (Fsp3) is 0.444. The molecule has 3 N–H and O–H groups in total. The molecule has 2 aromatic carbocycles. The monoisotopic (exact) mass is 463 g/mol. The highest BCUT2D eigenvalue weighted by molar-refractivity contribution is 5.95. The lowest BCUT2D eigenvalue weighted by Crippen LogP contribution is -2.53. The molecule has 4 fully saturated rings. The van der Waals surface area contributed by atoms with E-state index in [9.17, 15) is 18.8 Å². The minimum absolute atomic E-state index is 0.0307. The van der Waals surface area contributed by atoms with Crippen molar-refractivity contribution in [2.75, 3.05) is 0 Å². The average molecular weight is 464 g/mol. The Bertz CT molecular complexity index is 1050. The van der Waals surface area contributed by atoms with Gasteiger partial charge in [0.1, 0.15) is 5.82 Å². The van der Waals surface area contributed by atoms with Crippen LogP contribution >= 0.6 is 0 Å². The highest BCUT2D eigenvalue weighted by Crippen LogP contribution is 2.60. The van der Waals surface area contributed by atoms with Crippen LogP contribution in [0.4, 0.5) is 4.39 Å². The molecule has 178 valence electrons. The van der Waals surface area contributed by atoms with Crippen molar-refractivity contribution in [2.45, 2.75) is 51.5 Å². The third-order valence-electron chi connectivity index (χ3n) is 7.78. The number of carbonyl (C=O) groups excluding carboxylic acids is 3. The number of nitrogens with one attached hydrogen (secondary N) is 3. The van der Waals surface area contributed by atoms with Crippen LogP contribution in [-0.4, -0.2) is 17.7 Å². The second-order valence-electron chi connectivity index (χ2n) is 10.4. The van der Waals surface area contributed by atoms with Gasteiger partial charge in [0.05, 0.1) is 6.42 Å². The van der Waals surface area contributed by atoms with Crippen molar-refractivity contribution in [3.8, 4) is 0 Å². The second-order valence-corrected chi connectivity index (χ2v) is 10.4. The number of hydrogen-bond donors (Lipinski definition) is 3. The Balaban J connectivity index is 1.09. The molecular weight excluding hydrogens is 433 g/mol. The standard InChI is InChI=1S/C27H30FN3O3/c28-23-7-3-17(4-8-23)12-24(32)30-31-25(33)22-5-1-18(2-6-22)16-29-26(34)27-13-19-9-20(14-27)11-21(10-19)15-27/h1-8,19-21H,9-16H2,(H,29,34)(H,30,32)(H,31,33). The maximum atomic E-state index is 13.1. The first kappa shape index (κ1) is 22.6. The third-order valence-corrected chi connectivity index (χ3v) is 7.78. The number of hydrazine groups is 1. The minimum atomic E-state index is -0.434. The summed E-state index contributed by atoms with van der Waals surface area (Å²) in [5.41, 5.74) is 6.57. The summed E-state index contributed by atoms with van der Waals surface area (Å²) in [6.45, 7) is 0.441. The highest BCUT2D eigenvalue weighted by atomic mass is 19.1. The van der Waals surface area contributed by atoms with Gasteiger partial charge in [-0.05, 0) is 91.7 Å². The molecule has 7 heteroatoms. The first-order chi connectivity index (χ1) is 16.4. The summed E-state index contributed by atoms with van der Waals surface area (Å²) < 4.78 is 13.0. The van der Waals surface area contributed by atoms with Crippen molar-refractivity contribution in [3.05, 3.63) is 71.0 Å². The molecule has 2 aromatic rings. The predicted molar refractivity (Wildman–Crippen MR) is 125 cm³/mol. The second kappa shape index (κ2) is 9.20. The first-order valence-corrected chi connectivity index (χ1v) is 12.1. The number of carbonyl (C=O) groups is 3. The molecule has 0 saturated heterocycles. The molecule has 6 nitrogen and oxygen atoms in total. The minimum Gasteiger partial charge on any atom is -0.352 e. The first-order valence-electron chi connectivity index (χ1n) is 12.1. The summed E-state index contributed by atoms with van der Waals surface area (Å²) in [5.74, 6) is 1.18. The van der Waals surface area contributed by atoms with Gasteiger partial charge in [-0.2, -0.15) is 0 Å². The van der Waals surface area contributed by atoms with Gasteiger partial charge in [0.25, 0.3) is 5.91 Å². The normalized spacial score (nSPS) is 26.7. The molecule has 0 heterocycles. The van der Waals surface area contributed by atoms with Crippen LogP contribution in [0.15, 0.2) is 48.5 Å². The van der Waals surface area contributed by atoms with Gasteiger partial charge in [-0.1, -0.05) is 24.3 Å². The molecule has 0 radical (unpaired) electrons. The molecule has 4 aliphatic carbocycles. The number of hydrogen-bond acceptors (Lipinski definition) is 3. The maximum Gasteiger partial charge on any atom is 0.269 e. The smallest absolute Gasteiger partial charge is 0.269 e. The van der Waals surface area contributed by atoms with Crippen molar-refractivity contribution in [1.82, 2.24) is 16.2 Å². The van der Waals surface area contributed by atoms with E-state index in [0.29, 0.717) is 17.7 Å². The van der Waals surface area contributed by atoms with Gasteiger partial charge >= 0.3 is 0 Å². The molecule has 0 aliphatic heterocycles. The van der Waals surface area contributed by atoms with Crippen LogP contribution in [0.3, 0.4) is 0 Å². The van der Waals surface area contributed by atoms with Gasteiger partial charge < -0.3 is 5.32 Å². The van der Waals surface area contributed by atoms with Crippen LogP contribution in [0.1, 0.15) is 60.0 Å². The van der Waals surface area contributed by atoms with Crippen LogP contribution in [0.5, 0.6) is 0 Å². The van der Waals surface area contributed by atoms with Crippen molar-refractivity contribution < 1.29 is 18.8 Å². The van der Waals surface area contributed by atoms with Gasteiger partial charge in [-0.15, -0.1) is 0 Å². The van der Waals surface area contributed by atoms with Crippen molar-refractivity contribution in [3.63, 3.8) is 0 Å². The number of halogens is 1. The largest absolute Gasteiger partial charge is 0.352 e. The quantitative estimate of drug-likeness (QED) is 0.572. The van der Waals surface area contributed by atoms with Crippen LogP contribution in [0.25, 0.3) is 0 Å². The van der Waals surface area contributed by atoms with E-state index in [2.05, 4.69) is 16.2 Å². The van der Waals surface area contributed by atoms with Crippen molar-refractivity contribution >= 4 is 17.7 Å². The van der Waals surface area contributed by atoms with E-state index in [0.717, 1.165) is 42.6 Å². The summed E-state index contributed by atoms with van der Waals surface area (Å²) in [4.78, 5) is 37.5. The molecule has 3 amide bonds. The lowest BCUT2D eigenvalue weighted by Gasteiger charge is -2.55. The van der Waals surface area contributed by atoms with E-state index in [1.54, 1.807) is 12.1 Å². The predicted octanol–water partition coefficient (Wildman–Crippen LogP) is 3.66. The molecule has 4 bridgehead atoms. The molecule has 0 aromatic heterocycles. The zero-order valence-electron chi connectivity index (χ0n) is 19.1. The topological polar surface area (TPSA) is 87.3 Å². The molecule has 0 spiro atoms. The van der Waals surface area contributed by atoms with E-state index in [1.165, 1.54) is 43.5 Å². The van der Waals surface area contributed by atoms with E-state index < -0.39 is 11.8 Å². The summed E-state index contributed by atoms with van der Waals surface area (Å²) in [5, 5.41) is 3.15. The zero-order valence-corrected chi connectivity index (χ0v) is 19.1. The molecule has 6 rings (SSSR count). The summed E-state index contributed by atoms with van der Waals surface area (Å²) in [6, 6.07) is 12.6. The Morgan fingerprint density at radius 3 is 1.94 bits per heavy atom. The van der Waals surface area contributed by atoms with Crippen LogP contribution in [0.2, 0.25) is 0 Å². The molecule has 4 saturated carbocycles. The van der Waals surface area contributed by atoms with E-state index >= 15 is 0 Å². The molecule has 34 heavy (non-hydrogen) atoms. The third kappa shape index (κ3) is 4.83. The van der Waals surface area contributed by atoms with E-state index in [-0.39, 0.29) is 23.6 Å². The average Bonchev–Trinajstić information content (AvgIpc) is 2.82. The molecule has 0 unspecified atom stereocenters. The summed E-state index contributed by atoms with van der Waals surface area (Å²) >= 11 is 0. The van der Waals surface area contributed by atoms with Gasteiger partial charge in [0.15, 0.2) is 0 Å². The highest BCUT2D eigenvalue weighted by Gasteiger charge is 2.54. The fourth-order valence-electron chi connectivity index (χ4n) is 6.56. The lowest BCUT2D eigenvalue weighted by atomic mass is 9.49. The number of benzene rings is 2. The Labute approximate surface area is 198 Å². The summed E-state index contributed by atoms with van der Waals surface area (Å²) in [7, 11) is 0. The Morgan fingerprint density at radius 1 is 0.794 bits per heavy atom. The Kier molecular flexibility index (Phi) is 6.11. The fourth-order valence-corrected chi connectivity index (χ4v) is 6.56. The molecule has 0 atom stereocenters. The van der Waals surface area contributed by atoms with Crippen LogP contribution in [0, 0.1) is 29.0 Å². The SMILES string of the molecule is O=C(Cc1ccc(F)cc1)NNC(=O)c1ccc(CNC(=O)C23CC4CC(CC(C4)C2)C3)cc1. The number of rotatable bonds is 6. The van der Waals surface area contributed by atoms with Gasteiger partial charge in [-0.25, -0.2) is 4.39 Å². The van der Waals surface area contributed by atoms with Crippen LogP contribution < -0.4 is 16.2 Å². The van der Waals surface area contributed by atoms with Gasteiger partial charge in [0, 0.05) is 17.5 Å². The van der Waals surface area contributed by atoms with Crippen molar-refractivity contribution in [1.29, 1.82) is 0 Å². The zero-order chi connectivity index (χ0) is 23.7. The van der Waals surface area contributed by atoms with Gasteiger partial charge in [-0.3, -0.25) is 25.2 Å². The lowest BCUT2D eigenvalue weighted by molar-refractivity contribution is -0.146. The van der Waals surface area contributed by atoms with E-state index in [1.807, 2.05) is 12.1 Å². The molecule has 4 aliphatic rings. The number of amides is 3. The Hall–Kier alpha value is -3.22. The summed E-state index contributed by atoms with van der Waals surface area (Å²) in [6.07, 6.45) is 7.07. The Morgan fingerprint density at radius 2 is 1.35 bits per heavy atom.